The molecule has 0 saturated heterocycles. The van der Waals surface area contributed by atoms with Gasteiger partial charge in [0.1, 0.15) is 5.58 Å². The third-order valence-corrected chi connectivity index (χ3v) is 5.13. The van der Waals surface area contributed by atoms with Crippen LogP contribution in [0.15, 0.2) is 75.4 Å². The lowest BCUT2D eigenvalue weighted by Gasteiger charge is -2.09. The number of fused-ring (bicyclic) bond motifs is 1. The van der Waals surface area contributed by atoms with Crippen LogP contribution in [0.25, 0.3) is 11.0 Å². The third kappa shape index (κ3) is 3.57. The summed E-state index contributed by atoms with van der Waals surface area (Å²) in [5.74, 6) is 0.0883. The molecule has 4 aromatic rings. The van der Waals surface area contributed by atoms with Crippen LogP contribution in [0.3, 0.4) is 0 Å². The monoisotopic (exact) mass is 375 g/mol. The summed E-state index contributed by atoms with van der Waals surface area (Å²) in [5, 5.41) is 4.59. The molecule has 0 bridgehead atoms. The number of carbonyl (C=O) groups is 1. The molecular formula is C21H17N3O2S. The molecule has 0 spiro atoms. The summed E-state index contributed by atoms with van der Waals surface area (Å²) < 4.78 is 5.74. The number of nitrogens with one attached hydrogen (secondary N) is 1. The van der Waals surface area contributed by atoms with Gasteiger partial charge in [0.15, 0.2) is 10.9 Å². The van der Waals surface area contributed by atoms with Crippen molar-refractivity contribution in [3.8, 4) is 0 Å². The lowest BCUT2D eigenvalue weighted by atomic mass is 10.1. The Labute approximate surface area is 160 Å². The number of anilines is 1. The van der Waals surface area contributed by atoms with Gasteiger partial charge in [0.2, 0.25) is 0 Å². The minimum absolute atomic E-state index is 0.251. The number of hydrogen-bond acceptors (Lipinski definition) is 5. The quantitative estimate of drug-likeness (QED) is 0.494. The van der Waals surface area contributed by atoms with Gasteiger partial charge < -0.3 is 9.73 Å². The molecule has 27 heavy (non-hydrogen) atoms. The molecule has 0 aliphatic rings. The molecule has 0 radical (unpaired) electrons. The number of nitrogens with zero attached hydrogens (tertiary/aromatic N) is 2. The van der Waals surface area contributed by atoms with Gasteiger partial charge in [-0.1, -0.05) is 18.2 Å². The van der Waals surface area contributed by atoms with E-state index in [2.05, 4.69) is 15.3 Å². The molecule has 2 heterocycles. The van der Waals surface area contributed by atoms with E-state index in [1.54, 1.807) is 18.5 Å². The predicted molar refractivity (Wildman–Crippen MR) is 106 cm³/mol. The van der Waals surface area contributed by atoms with Crippen molar-refractivity contribution in [3.05, 3.63) is 77.8 Å². The van der Waals surface area contributed by atoms with E-state index in [1.807, 2.05) is 56.3 Å². The zero-order valence-corrected chi connectivity index (χ0v) is 15.7. The molecule has 1 amide bonds. The summed E-state index contributed by atoms with van der Waals surface area (Å²) in [7, 11) is 0. The first-order valence-corrected chi connectivity index (χ1v) is 9.28. The van der Waals surface area contributed by atoms with Gasteiger partial charge in [-0.25, -0.2) is 9.97 Å². The van der Waals surface area contributed by atoms with Crippen molar-refractivity contribution in [3.63, 3.8) is 0 Å². The highest BCUT2D eigenvalue weighted by Gasteiger charge is 2.18. The molecule has 134 valence electrons. The average molecular weight is 375 g/mol. The van der Waals surface area contributed by atoms with E-state index >= 15 is 0 Å². The van der Waals surface area contributed by atoms with Crippen molar-refractivity contribution in [2.75, 3.05) is 5.32 Å². The highest BCUT2D eigenvalue weighted by molar-refractivity contribution is 7.99. The summed E-state index contributed by atoms with van der Waals surface area (Å²) in [6.07, 6.45) is 3.43. The summed E-state index contributed by atoms with van der Waals surface area (Å²) in [5.41, 5.74) is 3.26. The van der Waals surface area contributed by atoms with Gasteiger partial charge >= 0.3 is 0 Å². The van der Waals surface area contributed by atoms with E-state index in [1.165, 1.54) is 11.8 Å². The number of carbonyl (C=O) groups excluding carboxylic acids is 1. The Hall–Kier alpha value is -3.12. The number of rotatable bonds is 4. The molecule has 2 aromatic heterocycles. The highest BCUT2D eigenvalue weighted by atomic mass is 32.2. The van der Waals surface area contributed by atoms with Crippen molar-refractivity contribution in [2.45, 2.75) is 23.9 Å². The third-order valence-electron chi connectivity index (χ3n) is 4.25. The minimum atomic E-state index is -0.251. The van der Waals surface area contributed by atoms with Gasteiger partial charge in [-0.05, 0) is 61.5 Å². The molecule has 0 atom stereocenters. The second-order valence-electron chi connectivity index (χ2n) is 6.12. The SMILES string of the molecule is Cc1cc(Sc2ncccn2)ccc1NC(=O)c1oc2ccccc2c1C. The van der Waals surface area contributed by atoms with Crippen LogP contribution in [-0.4, -0.2) is 15.9 Å². The summed E-state index contributed by atoms with van der Waals surface area (Å²) in [6.45, 7) is 3.85. The number of furan rings is 1. The van der Waals surface area contributed by atoms with Crippen LogP contribution in [0.4, 0.5) is 5.69 Å². The van der Waals surface area contributed by atoms with Crippen LogP contribution in [0.5, 0.6) is 0 Å². The zero-order chi connectivity index (χ0) is 18.8. The van der Waals surface area contributed by atoms with Crippen molar-refractivity contribution < 1.29 is 9.21 Å². The maximum absolute atomic E-state index is 12.7. The molecule has 0 aliphatic heterocycles. The lowest BCUT2D eigenvalue weighted by molar-refractivity contribution is 0.0998. The minimum Gasteiger partial charge on any atom is -0.451 e. The first-order chi connectivity index (χ1) is 13.1. The molecule has 2 aromatic carbocycles. The van der Waals surface area contributed by atoms with Crippen LogP contribution < -0.4 is 5.32 Å². The Morgan fingerprint density at radius 1 is 1.04 bits per heavy atom. The van der Waals surface area contributed by atoms with Crippen molar-refractivity contribution >= 4 is 34.3 Å². The molecule has 1 N–H and O–H groups in total. The van der Waals surface area contributed by atoms with Crippen LogP contribution in [0, 0.1) is 13.8 Å². The number of aromatic nitrogens is 2. The van der Waals surface area contributed by atoms with Gasteiger partial charge in [0.25, 0.3) is 5.91 Å². The van der Waals surface area contributed by atoms with Crippen LogP contribution in [-0.2, 0) is 0 Å². The normalized spacial score (nSPS) is 10.9. The first-order valence-electron chi connectivity index (χ1n) is 8.47. The maximum atomic E-state index is 12.7. The maximum Gasteiger partial charge on any atom is 0.291 e. The molecule has 4 rings (SSSR count). The van der Waals surface area contributed by atoms with E-state index in [9.17, 15) is 4.79 Å². The second-order valence-corrected chi connectivity index (χ2v) is 7.16. The second kappa shape index (κ2) is 7.25. The van der Waals surface area contributed by atoms with Gasteiger partial charge in [-0.3, -0.25) is 4.79 Å². The van der Waals surface area contributed by atoms with Crippen molar-refractivity contribution in [1.29, 1.82) is 0 Å². The zero-order valence-electron chi connectivity index (χ0n) is 14.9. The molecule has 0 unspecified atom stereocenters. The first kappa shape index (κ1) is 17.3. The summed E-state index contributed by atoms with van der Waals surface area (Å²) in [6, 6.07) is 15.3. The Balaban J connectivity index is 1.55. The topological polar surface area (TPSA) is 68.0 Å². The van der Waals surface area contributed by atoms with E-state index in [4.69, 9.17) is 4.42 Å². The van der Waals surface area contributed by atoms with E-state index in [0.717, 1.165) is 27.1 Å². The standard InChI is InChI=1S/C21H17N3O2S/c1-13-12-15(27-21-22-10-5-11-23-21)8-9-17(13)24-20(25)19-14(2)16-6-3-4-7-18(16)26-19/h3-12H,1-2H3,(H,24,25). The van der Waals surface area contributed by atoms with E-state index in [0.29, 0.717) is 16.5 Å². The molecule has 0 fully saturated rings. The Morgan fingerprint density at radius 3 is 2.56 bits per heavy atom. The van der Waals surface area contributed by atoms with Crippen LogP contribution in [0.1, 0.15) is 21.7 Å². The smallest absolute Gasteiger partial charge is 0.291 e. The fourth-order valence-electron chi connectivity index (χ4n) is 2.85. The number of benzene rings is 2. The molecule has 0 aliphatic carbocycles. The molecular weight excluding hydrogens is 358 g/mol. The predicted octanol–water partition coefficient (Wildman–Crippen LogP) is 5.24. The summed E-state index contributed by atoms with van der Waals surface area (Å²) >= 11 is 1.48. The van der Waals surface area contributed by atoms with Crippen LogP contribution in [0.2, 0.25) is 0 Å². The molecule has 0 saturated carbocycles. The van der Waals surface area contributed by atoms with Gasteiger partial charge in [0.05, 0.1) is 0 Å². The van der Waals surface area contributed by atoms with E-state index < -0.39 is 0 Å². The highest BCUT2D eigenvalue weighted by Crippen LogP contribution is 2.29. The number of aryl methyl sites for hydroxylation is 2. The average Bonchev–Trinajstić information content (AvgIpc) is 3.02. The Kier molecular flexibility index (Phi) is 4.64. The largest absolute Gasteiger partial charge is 0.451 e. The lowest BCUT2D eigenvalue weighted by Crippen LogP contribution is -2.13. The van der Waals surface area contributed by atoms with Gasteiger partial charge in [-0.15, -0.1) is 0 Å². The number of para-hydroxylation sites is 1. The van der Waals surface area contributed by atoms with Crippen LogP contribution >= 0.6 is 11.8 Å². The van der Waals surface area contributed by atoms with Crippen molar-refractivity contribution in [2.24, 2.45) is 0 Å². The number of hydrogen-bond donors (Lipinski definition) is 1. The molecule has 5 nitrogen and oxygen atoms in total. The fraction of sp³-hybridized carbons (Fsp3) is 0.0952. The number of amides is 1. The Morgan fingerprint density at radius 2 is 1.81 bits per heavy atom. The Bertz CT molecular complexity index is 1120. The molecule has 6 heteroatoms. The van der Waals surface area contributed by atoms with Gasteiger partial charge in [0, 0.05) is 33.9 Å². The fourth-order valence-corrected chi connectivity index (χ4v) is 3.66. The van der Waals surface area contributed by atoms with Crippen molar-refractivity contribution in [1.82, 2.24) is 9.97 Å². The van der Waals surface area contributed by atoms with Gasteiger partial charge in [-0.2, -0.15) is 0 Å². The summed E-state index contributed by atoms with van der Waals surface area (Å²) in [4.78, 5) is 22.1. The van der Waals surface area contributed by atoms with E-state index in [-0.39, 0.29) is 5.91 Å².